The summed E-state index contributed by atoms with van der Waals surface area (Å²) in [6.07, 6.45) is 2.26. The van der Waals surface area contributed by atoms with Crippen LogP contribution in [0.25, 0.3) is 0 Å². The van der Waals surface area contributed by atoms with Crippen LogP contribution in [-0.4, -0.2) is 29.2 Å². The van der Waals surface area contributed by atoms with Crippen LogP contribution in [0.4, 0.5) is 0 Å². The summed E-state index contributed by atoms with van der Waals surface area (Å²) in [5.41, 5.74) is 6.36. The maximum atomic E-state index is 5.50. The first-order chi connectivity index (χ1) is 7.69. The van der Waals surface area contributed by atoms with Crippen LogP contribution >= 0.6 is 0 Å². The minimum atomic E-state index is 0.465. The molecule has 0 spiro atoms. The third-order valence-electron chi connectivity index (χ3n) is 3.35. The standard InChI is InChI=1S/C12H21N3O/c1-9(2)15-4-3-10(8-15)5-12-6-11(7-13)14-16-12/h6,9-10H,3-5,7-8,13H2,1-2H3. The molecule has 90 valence electrons. The van der Waals surface area contributed by atoms with E-state index in [0.29, 0.717) is 18.5 Å². The van der Waals surface area contributed by atoms with E-state index in [2.05, 4.69) is 23.9 Å². The van der Waals surface area contributed by atoms with Crippen LogP contribution < -0.4 is 5.73 Å². The molecule has 1 aliphatic rings. The highest BCUT2D eigenvalue weighted by atomic mass is 16.5. The van der Waals surface area contributed by atoms with Crippen LogP contribution in [0.1, 0.15) is 31.7 Å². The van der Waals surface area contributed by atoms with E-state index in [1.807, 2.05) is 6.07 Å². The van der Waals surface area contributed by atoms with E-state index < -0.39 is 0 Å². The van der Waals surface area contributed by atoms with Crippen molar-refractivity contribution in [1.29, 1.82) is 0 Å². The Labute approximate surface area is 96.8 Å². The van der Waals surface area contributed by atoms with Gasteiger partial charge in [-0.3, -0.25) is 0 Å². The van der Waals surface area contributed by atoms with E-state index in [9.17, 15) is 0 Å². The monoisotopic (exact) mass is 223 g/mol. The summed E-state index contributed by atoms with van der Waals surface area (Å²) >= 11 is 0. The van der Waals surface area contributed by atoms with Crippen molar-refractivity contribution in [2.75, 3.05) is 13.1 Å². The zero-order valence-electron chi connectivity index (χ0n) is 10.1. The van der Waals surface area contributed by atoms with E-state index in [1.54, 1.807) is 0 Å². The maximum Gasteiger partial charge on any atom is 0.137 e. The van der Waals surface area contributed by atoms with Crippen molar-refractivity contribution >= 4 is 0 Å². The van der Waals surface area contributed by atoms with Crippen molar-refractivity contribution in [3.8, 4) is 0 Å². The molecule has 2 N–H and O–H groups in total. The Bertz CT molecular complexity index is 335. The number of hydrogen-bond acceptors (Lipinski definition) is 4. The van der Waals surface area contributed by atoms with E-state index in [-0.39, 0.29) is 0 Å². The summed E-state index contributed by atoms with van der Waals surface area (Å²) in [4.78, 5) is 2.52. The summed E-state index contributed by atoms with van der Waals surface area (Å²) in [6.45, 7) is 7.36. The molecule has 1 atom stereocenters. The first-order valence-corrected chi connectivity index (χ1v) is 6.07. The number of nitrogens with zero attached hydrogens (tertiary/aromatic N) is 2. The third kappa shape index (κ3) is 2.62. The lowest BCUT2D eigenvalue weighted by Gasteiger charge is -2.19. The van der Waals surface area contributed by atoms with Gasteiger partial charge in [0.15, 0.2) is 0 Å². The summed E-state index contributed by atoms with van der Waals surface area (Å²) in [7, 11) is 0. The molecule has 0 aromatic carbocycles. The molecule has 0 saturated carbocycles. The van der Waals surface area contributed by atoms with Gasteiger partial charge in [-0.2, -0.15) is 0 Å². The summed E-state index contributed by atoms with van der Waals surface area (Å²) in [6, 6.07) is 2.64. The average Bonchev–Trinajstić information content (AvgIpc) is 2.87. The average molecular weight is 223 g/mol. The molecule has 2 heterocycles. The lowest BCUT2D eigenvalue weighted by Crippen LogP contribution is -2.28. The minimum Gasteiger partial charge on any atom is -0.361 e. The molecule has 4 heteroatoms. The molecule has 0 amide bonds. The predicted molar refractivity (Wildman–Crippen MR) is 62.9 cm³/mol. The molecule has 4 nitrogen and oxygen atoms in total. The number of likely N-dealkylation sites (tertiary alicyclic amines) is 1. The van der Waals surface area contributed by atoms with Gasteiger partial charge in [-0.05, 0) is 32.7 Å². The second kappa shape index (κ2) is 4.97. The van der Waals surface area contributed by atoms with Crippen molar-refractivity contribution in [2.45, 2.75) is 39.3 Å². The van der Waals surface area contributed by atoms with E-state index in [1.165, 1.54) is 19.5 Å². The topological polar surface area (TPSA) is 55.3 Å². The van der Waals surface area contributed by atoms with Crippen molar-refractivity contribution < 1.29 is 4.52 Å². The quantitative estimate of drug-likeness (QED) is 0.838. The summed E-state index contributed by atoms with van der Waals surface area (Å²) in [5.74, 6) is 1.69. The zero-order valence-corrected chi connectivity index (χ0v) is 10.1. The Morgan fingerprint density at radius 2 is 2.44 bits per heavy atom. The number of nitrogens with two attached hydrogens (primary N) is 1. The van der Waals surface area contributed by atoms with Gasteiger partial charge in [0, 0.05) is 31.6 Å². The van der Waals surface area contributed by atoms with Crippen LogP contribution in [0.5, 0.6) is 0 Å². The fourth-order valence-corrected chi connectivity index (χ4v) is 2.33. The van der Waals surface area contributed by atoms with Crippen LogP contribution in [0, 0.1) is 5.92 Å². The van der Waals surface area contributed by atoms with Gasteiger partial charge in [0.25, 0.3) is 0 Å². The largest absolute Gasteiger partial charge is 0.361 e. The van der Waals surface area contributed by atoms with Crippen LogP contribution in [0.15, 0.2) is 10.6 Å². The smallest absolute Gasteiger partial charge is 0.137 e. The van der Waals surface area contributed by atoms with Gasteiger partial charge in [0.1, 0.15) is 5.76 Å². The van der Waals surface area contributed by atoms with Gasteiger partial charge in [-0.1, -0.05) is 5.16 Å². The highest BCUT2D eigenvalue weighted by Gasteiger charge is 2.25. The fourth-order valence-electron chi connectivity index (χ4n) is 2.33. The van der Waals surface area contributed by atoms with Gasteiger partial charge in [0.2, 0.25) is 0 Å². The molecular formula is C12H21N3O. The molecule has 0 aliphatic carbocycles. The Hall–Kier alpha value is -0.870. The van der Waals surface area contributed by atoms with Crippen molar-refractivity contribution in [3.05, 3.63) is 17.5 Å². The predicted octanol–water partition coefficient (Wildman–Crippen LogP) is 1.41. The highest BCUT2D eigenvalue weighted by molar-refractivity contribution is 5.06. The van der Waals surface area contributed by atoms with Gasteiger partial charge in [-0.15, -0.1) is 0 Å². The second-order valence-corrected chi connectivity index (χ2v) is 4.94. The van der Waals surface area contributed by atoms with Gasteiger partial charge in [-0.25, -0.2) is 0 Å². The van der Waals surface area contributed by atoms with E-state index in [4.69, 9.17) is 10.3 Å². The third-order valence-corrected chi connectivity index (χ3v) is 3.35. The van der Waals surface area contributed by atoms with Gasteiger partial charge >= 0.3 is 0 Å². The number of rotatable bonds is 4. The minimum absolute atomic E-state index is 0.465. The molecule has 0 radical (unpaired) electrons. The Morgan fingerprint density at radius 1 is 1.62 bits per heavy atom. The molecular weight excluding hydrogens is 202 g/mol. The maximum absolute atomic E-state index is 5.50. The van der Waals surface area contributed by atoms with E-state index in [0.717, 1.165) is 17.9 Å². The molecule has 2 rings (SSSR count). The van der Waals surface area contributed by atoms with Gasteiger partial charge < -0.3 is 15.2 Å². The Morgan fingerprint density at radius 3 is 3.00 bits per heavy atom. The number of aromatic nitrogens is 1. The molecule has 1 unspecified atom stereocenters. The van der Waals surface area contributed by atoms with Gasteiger partial charge in [0.05, 0.1) is 5.69 Å². The normalized spacial score (nSPS) is 22.1. The Balaban J connectivity index is 1.87. The molecule has 1 fully saturated rings. The van der Waals surface area contributed by atoms with Crippen molar-refractivity contribution in [2.24, 2.45) is 11.7 Å². The van der Waals surface area contributed by atoms with Crippen LogP contribution in [0.2, 0.25) is 0 Å². The molecule has 1 aromatic rings. The zero-order chi connectivity index (χ0) is 11.5. The number of hydrogen-bond donors (Lipinski definition) is 1. The van der Waals surface area contributed by atoms with Crippen LogP contribution in [-0.2, 0) is 13.0 Å². The van der Waals surface area contributed by atoms with Crippen molar-refractivity contribution in [3.63, 3.8) is 0 Å². The summed E-state index contributed by atoms with van der Waals surface area (Å²) < 4.78 is 5.26. The molecule has 16 heavy (non-hydrogen) atoms. The highest BCUT2D eigenvalue weighted by Crippen LogP contribution is 2.22. The lowest BCUT2D eigenvalue weighted by molar-refractivity contribution is 0.261. The first kappa shape index (κ1) is 11.6. The molecule has 1 aliphatic heterocycles. The fraction of sp³-hybridized carbons (Fsp3) is 0.750. The van der Waals surface area contributed by atoms with E-state index >= 15 is 0 Å². The molecule has 1 saturated heterocycles. The van der Waals surface area contributed by atoms with Crippen LogP contribution in [0.3, 0.4) is 0 Å². The van der Waals surface area contributed by atoms with Crippen molar-refractivity contribution in [1.82, 2.24) is 10.1 Å². The molecule has 0 bridgehead atoms. The summed E-state index contributed by atoms with van der Waals surface area (Å²) in [5, 5.41) is 3.92. The second-order valence-electron chi connectivity index (χ2n) is 4.94. The molecule has 1 aromatic heterocycles. The SMILES string of the molecule is CC(C)N1CCC(Cc2cc(CN)no2)C1. The first-order valence-electron chi connectivity index (χ1n) is 6.07. The Kier molecular flexibility index (Phi) is 3.61. The lowest BCUT2D eigenvalue weighted by atomic mass is 10.0.